The number of amides is 2. The Hall–Kier alpha value is -5.23. The van der Waals surface area contributed by atoms with Gasteiger partial charge in [0.1, 0.15) is 17.1 Å². The van der Waals surface area contributed by atoms with Gasteiger partial charge in [-0.05, 0) is 44.4 Å². The van der Waals surface area contributed by atoms with E-state index in [9.17, 15) is 28.8 Å². The molecule has 2 aliphatic rings. The molecule has 5 rings (SSSR count). The molecule has 1 N–H and O–H groups in total. The second-order valence-electron chi connectivity index (χ2n) is 12.2. The molecule has 0 spiro atoms. The third-order valence-corrected chi connectivity index (χ3v) is 8.97. The van der Waals surface area contributed by atoms with E-state index in [0.29, 0.717) is 16.7 Å². The van der Waals surface area contributed by atoms with E-state index in [1.54, 1.807) is 51.1 Å². The Kier molecular flexibility index (Phi) is 10.1. The van der Waals surface area contributed by atoms with E-state index in [2.05, 4.69) is 5.32 Å². The second-order valence-corrected chi connectivity index (χ2v) is 13.3. The lowest BCUT2D eigenvalue weighted by atomic mass is 9.95. The number of β-lactam (4-membered cyclic amide) rings is 1. The minimum absolute atomic E-state index is 0.0277. The van der Waals surface area contributed by atoms with Gasteiger partial charge in [-0.25, -0.2) is 4.79 Å². The van der Waals surface area contributed by atoms with Crippen molar-refractivity contribution < 1.29 is 43.0 Å². The van der Waals surface area contributed by atoms with E-state index in [4.69, 9.17) is 14.2 Å². The van der Waals surface area contributed by atoms with E-state index >= 15 is 0 Å². The van der Waals surface area contributed by atoms with Crippen LogP contribution in [-0.4, -0.2) is 57.9 Å². The summed E-state index contributed by atoms with van der Waals surface area (Å²) < 4.78 is 16.1. The van der Waals surface area contributed by atoms with Gasteiger partial charge >= 0.3 is 17.9 Å². The number of hydrogen-bond acceptors (Lipinski definition) is 10. The van der Waals surface area contributed by atoms with Crippen molar-refractivity contribution in [3.63, 3.8) is 0 Å². The summed E-state index contributed by atoms with van der Waals surface area (Å²) >= 11 is 0.757. The lowest BCUT2D eigenvalue weighted by Crippen LogP contribution is -2.71. The van der Waals surface area contributed by atoms with Gasteiger partial charge in [-0.1, -0.05) is 103 Å². The molecule has 0 radical (unpaired) electrons. The van der Waals surface area contributed by atoms with Gasteiger partial charge in [0.25, 0.3) is 5.91 Å². The fraction of sp³-hybridized carbons (Fsp3) is 0.278. The smallest absolute Gasteiger partial charge is 0.358 e. The van der Waals surface area contributed by atoms with Gasteiger partial charge in [0.15, 0.2) is 12.0 Å². The predicted molar refractivity (Wildman–Crippen MR) is 174 cm³/mol. The van der Waals surface area contributed by atoms with Crippen LogP contribution in [-0.2, 0) is 43.0 Å². The van der Waals surface area contributed by atoms with Crippen molar-refractivity contribution in [3.05, 3.63) is 119 Å². The van der Waals surface area contributed by atoms with Gasteiger partial charge in [0.2, 0.25) is 17.8 Å². The highest BCUT2D eigenvalue weighted by Crippen LogP contribution is 2.42. The zero-order chi connectivity index (χ0) is 34.6. The largest absolute Gasteiger partial charge is 0.452 e. The maximum absolute atomic E-state index is 13.9. The van der Waals surface area contributed by atoms with Gasteiger partial charge in [-0.3, -0.25) is 28.9 Å². The molecular formula is C36H34N2O9S. The van der Waals surface area contributed by atoms with E-state index in [1.165, 1.54) is 6.92 Å². The van der Waals surface area contributed by atoms with Crippen molar-refractivity contribution in [3.8, 4) is 0 Å². The molecule has 2 heterocycles. The Morgan fingerprint density at radius 3 is 1.85 bits per heavy atom. The number of carbonyl (C=O) groups is 6. The molecule has 3 aromatic rings. The molecule has 0 aliphatic carbocycles. The number of nitrogens with zero attached hydrogens (tertiary/aromatic N) is 1. The Morgan fingerprint density at radius 2 is 1.33 bits per heavy atom. The molecule has 1 fully saturated rings. The molecular weight excluding hydrogens is 636 g/mol. The summed E-state index contributed by atoms with van der Waals surface area (Å²) in [5, 5.41) is 1.13. The maximum Gasteiger partial charge on any atom is 0.358 e. The molecule has 2 amide bonds. The van der Waals surface area contributed by atoms with Crippen molar-refractivity contribution in [1.82, 2.24) is 10.2 Å². The van der Waals surface area contributed by atoms with Crippen molar-refractivity contribution in [2.45, 2.75) is 51.1 Å². The highest BCUT2D eigenvalue weighted by atomic mass is 32.2. The molecule has 1 saturated heterocycles. The number of hydrogen-bond donors (Lipinski definition) is 1. The summed E-state index contributed by atoms with van der Waals surface area (Å²) in [5.41, 5.74) is 0.554. The van der Waals surface area contributed by atoms with Crippen LogP contribution in [0, 0.1) is 5.41 Å². The highest BCUT2D eigenvalue weighted by Gasteiger charge is 2.56. The lowest BCUT2D eigenvalue weighted by Gasteiger charge is -2.48. The zero-order valence-electron chi connectivity index (χ0n) is 26.7. The number of fused-ring (bicyclic) bond motifs is 1. The van der Waals surface area contributed by atoms with Gasteiger partial charge in [-0.15, -0.1) is 0 Å². The van der Waals surface area contributed by atoms with Crippen molar-refractivity contribution in [2.24, 2.45) is 5.41 Å². The Bertz CT molecular complexity index is 1710. The second kappa shape index (κ2) is 14.3. The monoisotopic (exact) mass is 670 g/mol. The van der Waals surface area contributed by atoms with Gasteiger partial charge in [0, 0.05) is 5.57 Å². The predicted octanol–water partition coefficient (Wildman–Crippen LogP) is 4.39. The van der Waals surface area contributed by atoms with E-state index in [1.807, 2.05) is 60.7 Å². The third kappa shape index (κ3) is 7.18. The van der Waals surface area contributed by atoms with Crippen LogP contribution in [0.2, 0.25) is 0 Å². The van der Waals surface area contributed by atoms with Crippen LogP contribution in [0.3, 0.4) is 0 Å². The maximum atomic E-state index is 13.9. The number of carbonyl (C=O) groups excluding carboxylic acids is 6. The van der Waals surface area contributed by atoms with Crippen LogP contribution in [0.5, 0.6) is 0 Å². The summed E-state index contributed by atoms with van der Waals surface area (Å²) in [7, 11) is 0. The van der Waals surface area contributed by atoms with Crippen LogP contribution in [0.4, 0.5) is 0 Å². The van der Waals surface area contributed by atoms with E-state index in [0.717, 1.165) is 16.7 Å². The SMILES string of the molecule is CC1=C(C(=O)OCOC(=O)C(C)(C)C)N2C(=O)C(NC(=O)C(C(=O)OC(c3ccccc3)c3ccccc3)c3ccccc3)[C@@H]2SC1=O. The minimum atomic E-state index is -1.47. The molecule has 248 valence electrons. The van der Waals surface area contributed by atoms with Crippen molar-refractivity contribution >= 4 is 46.6 Å². The topological polar surface area (TPSA) is 145 Å². The van der Waals surface area contributed by atoms with Crippen LogP contribution in [0.1, 0.15) is 56.4 Å². The molecule has 12 heteroatoms. The number of thioether (sulfide) groups is 1. The first-order valence-electron chi connectivity index (χ1n) is 15.1. The first-order valence-corrected chi connectivity index (χ1v) is 16.0. The Balaban J connectivity index is 1.34. The summed E-state index contributed by atoms with van der Waals surface area (Å²) in [6.45, 7) is 5.55. The number of rotatable bonds is 10. The standard InChI is InChI=1S/C36H34N2O9S/c1-21-27(33(42)45-20-46-35(44)36(2,3)4)38-30(40)26(31(38)48-34(21)43)37-29(39)25(22-14-8-5-9-15-22)32(41)47-28(23-16-10-6-11-17-23)24-18-12-7-13-19-24/h5-19,25-26,28,31H,20H2,1-4H3,(H,37,39)/t25?,26?,31-/m0/s1. The fourth-order valence-electron chi connectivity index (χ4n) is 5.15. The highest BCUT2D eigenvalue weighted by molar-refractivity contribution is 8.14. The number of ether oxygens (including phenoxy) is 3. The third-order valence-electron chi connectivity index (χ3n) is 7.73. The van der Waals surface area contributed by atoms with E-state index in [-0.39, 0.29) is 11.3 Å². The summed E-state index contributed by atoms with van der Waals surface area (Å²) in [6, 6.07) is 25.2. The Labute approximate surface area is 281 Å². The summed E-state index contributed by atoms with van der Waals surface area (Å²) in [4.78, 5) is 80.2. The average molecular weight is 671 g/mol. The summed E-state index contributed by atoms with van der Waals surface area (Å²) in [6.07, 6.45) is -0.824. The van der Waals surface area contributed by atoms with Crippen molar-refractivity contribution in [1.29, 1.82) is 0 Å². The Morgan fingerprint density at radius 1 is 0.812 bits per heavy atom. The molecule has 3 aromatic carbocycles. The molecule has 0 aromatic heterocycles. The molecule has 2 aliphatic heterocycles. The van der Waals surface area contributed by atoms with Gasteiger partial charge < -0.3 is 19.5 Å². The first kappa shape index (κ1) is 34.1. The van der Waals surface area contributed by atoms with E-state index < -0.39 is 70.5 Å². The number of nitrogens with one attached hydrogen (secondary N) is 1. The fourth-order valence-corrected chi connectivity index (χ4v) is 6.28. The normalized spacial score (nSPS) is 18.0. The van der Waals surface area contributed by atoms with Crippen molar-refractivity contribution in [2.75, 3.05) is 6.79 Å². The van der Waals surface area contributed by atoms with Crippen LogP contribution >= 0.6 is 11.8 Å². The first-order chi connectivity index (χ1) is 22.9. The molecule has 11 nitrogen and oxygen atoms in total. The quantitative estimate of drug-likeness (QED) is 0.143. The average Bonchev–Trinajstić information content (AvgIpc) is 3.08. The van der Waals surface area contributed by atoms with Crippen LogP contribution < -0.4 is 5.32 Å². The summed E-state index contributed by atoms with van der Waals surface area (Å²) in [5.74, 6) is -5.46. The number of esters is 3. The van der Waals surface area contributed by atoms with Gasteiger partial charge in [0.05, 0.1) is 5.41 Å². The van der Waals surface area contributed by atoms with Crippen LogP contribution in [0.15, 0.2) is 102 Å². The molecule has 3 atom stereocenters. The van der Waals surface area contributed by atoms with Gasteiger partial charge in [-0.2, -0.15) is 0 Å². The number of benzene rings is 3. The lowest BCUT2D eigenvalue weighted by molar-refractivity contribution is -0.173. The molecule has 0 bridgehead atoms. The zero-order valence-corrected chi connectivity index (χ0v) is 27.5. The molecule has 0 saturated carbocycles. The minimum Gasteiger partial charge on any atom is -0.452 e. The molecule has 48 heavy (non-hydrogen) atoms. The van der Waals surface area contributed by atoms with Crippen LogP contribution in [0.25, 0.3) is 0 Å². The molecule has 2 unspecified atom stereocenters.